The minimum absolute atomic E-state index is 0.194. The molecule has 1 saturated heterocycles. The number of nitrogens with zero attached hydrogens (tertiary/aromatic N) is 2. The summed E-state index contributed by atoms with van der Waals surface area (Å²) < 4.78 is 0. The molecule has 3 aliphatic rings. The van der Waals surface area contributed by atoms with Crippen molar-refractivity contribution in [3.63, 3.8) is 0 Å². The average molecular weight is 368 g/mol. The Morgan fingerprint density at radius 3 is 2.63 bits per heavy atom. The van der Waals surface area contributed by atoms with Gasteiger partial charge in [0.15, 0.2) is 0 Å². The number of aryl methyl sites for hydroxylation is 1. The van der Waals surface area contributed by atoms with E-state index < -0.39 is 0 Å². The predicted molar refractivity (Wildman–Crippen MR) is 102 cm³/mol. The van der Waals surface area contributed by atoms with Crippen LogP contribution < -0.4 is 0 Å². The van der Waals surface area contributed by atoms with Gasteiger partial charge in [-0.3, -0.25) is 19.3 Å². The molecule has 2 fully saturated rings. The van der Waals surface area contributed by atoms with Gasteiger partial charge in [0.2, 0.25) is 5.91 Å². The lowest BCUT2D eigenvalue weighted by Crippen LogP contribution is -2.49. The topological polar surface area (TPSA) is 57.7 Å². The lowest BCUT2D eigenvalue weighted by atomic mass is 9.78. The number of rotatable bonds is 4. The monoisotopic (exact) mass is 368 g/mol. The van der Waals surface area contributed by atoms with Gasteiger partial charge in [0.1, 0.15) is 0 Å². The molecule has 144 valence electrons. The number of imide groups is 1. The van der Waals surface area contributed by atoms with E-state index in [0.29, 0.717) is 42.5 Å². The van der Waals surface area contributed by atoms with Gasteiger partial charge in [0.25, 0.3) is 11.8 Å². The Balaban J connectivity index is 1.34. The van der Waals surface area contributed by atoms with Crippen molar-refractivity contribution in [2.75, 3.05) is 13.1 Å². The Kier molecular flexibility index (Phi) is 5.02. The third kappa shape index (κ3) is 3.40. The molecule has 2 unspecified atom stereocenters. The van der Waals surface area contributed by atoms with Crippen LogP contribution in [0.15, 0.2) is 18.2 Å². The zero-order chi connectivity index (χ0) is 19.0. The first-order valence-corrected chi connectivity index (χ1v) is 10.3. The number of benzene rings is 1. The first kappa shape index (κ1) is 18.2. The predicted octanol–water partition coefficient (Wildman–Crippen LogP) is 3.55. The van der Waals surface area contributed by atoms with Crippen LogP contribution in [-0.4, -0.2) is 46.7 Å². The van der Waals surface area contributed by atoms with Gasteiger partial charge >= 0.3 is 0 Å². The van der Waals surface area contributed by atoms with Gasteiger partial charge in [-0.15, -0.1) is 0 Å². The molecule has 2 atom stereocenters. The van der Waals surface area contributed by atoms with Crippen LogP contribution >= 0.6 is 0 Å². The standard InChI is InChI=1S/C22H28N2O3/c1-15-10-11-17-18(14-15)22(27)24(21(17)26)13-5-9-20(25)23-12-4-7-16-6-2-3-8-19(16)23/h10-11,14,16,19H,2-9,12-13H2,1H3. The fourth-order valence-corrected chi connectivity index (χ4v) is 5.07. The third-order valence-corrected chi connectivity index (χ3v) is 6.46. The molecule has 1 aromatic carbocycles. The lowest BCUT2D eigenvalue weighted by molar-refractivity contribution is -0.137. The SMILES string of the molecule is Cc1ccc2c(c1)C(=O)N(CCCC(=O)N1CCCC3CCCCC31)C2=O. The molecule has 4 rings (SSSR count). The molecule has 5 nitrogen and oxygen atoms in total. The Labute approximate surface area is 160 Å². The summed E-state index contributed by atoms with van der Waals surface area (Å²) in [5.41, 5.74) is 1.95. The van der Waals surface area contributed by atoms with Gasteiger partial charge in [-0.2, -0.15) is 0 Å². The fraction of sp³-hybridized carbons (Fsp3) is 0.591. The summed E-state index contributed by atoms with van der Waals surface area (Å²) >= 11 is 0. The Bertz CT molecular complexity index is 771. The number of likely N-dealkylation sites (tertiary alicyclic amines) is 1. The van der Waals surface area contributed by atoms with E-state index in [2.05, 4.69) is 4.90 Å². The van der Waals surface area contributed by atoms with E-state index in [4.69, 9.17) is 0 Å². The Morgan fingerprint density at radius 2 is 1.78 bits per heavy atom. The van der Waals surface area contributed by atoms with E-state index >= 15 is 0 Å². The van der Waals surface area contributed by atoms with Crippen molar-refractivity contribution in [1.29, 1.82) is 0 Å². The van der Waals surface area contributed by atoms with Crippen molar-refractivity contribution in [1.82, 2.24) is 9.80 Å². The molecular weight excluding hydrogens is 340 g/mol. The molecule has 2 aliphatic heterocycles. The van der Waals surface area contributed by atoms with Crippen LogP contribution in [0.4, 0.5) is 0 Å². The van der Waals surface area contributed by atoms with E-state index in [9.17, 15) is 14.4 Å². The summed E-state index contributed by atoms with van der Waals surface area (Å²) in [5.74, 6) is 0.416. The third-order valence-electron chi connectivity index (χ3n) is 6.46. The minimum Gasteiger partial charge on any atom is -0.339 e. The zero-order valence-corrected chi connectivity index (χ0v) is 16.1. The Hall–Kier alpha value is -2.17. The minimum atomic E-state index is -0.229. The number of carbonyl (C=O) groups is 3. The van der Waals surface area contributed by atoms with Crippen LogP contribution in [0.25, 0.3) is 0 Å². The highest BCUT2D eigenvalue weighted by molar-refractivity contribution is 6.21. The summed E-state index contributed by atoms with van der Waals surface area (Å²) in [6.45, 7) is 3.10. The molecule has 0 spiro atoms. The summed E-state index contributed by atoms with van der Waals surface area (Å²) in [5, 5.41) is 0. The smallest absolute Gasteiger partial charge is 0.261 e. The second-order valence-corrected chi connectivity index (χ2v) is 8.26. The lowest BCUT2D eigenvalue weighted by Gasteiger charge is -2.44. The van der Waals surface area contributed by atoms with Crippen LogP contribution in [0.2, 0.25) is 0 Å². The Morgan fingerprint density at radius 1 is 1.04 bits per heavy atom. The van der Waals surface area contributed by atoms with Crippen LogP contribution in [0.1, 0.15) is 77.6 Å². The van der Waals surface area contributed by atoms with Crippen molar-refractivity contribution < 1.29 is 14.4 Å². The molecule has 1 saturated carbocycles. The van der Waals surface area contributed by atoms with Crippen molar-refractivity contribution in [3.8, 4) is 0 Å². The normalized spacial score (nSPS) is 24.8. The van der Waals surface area contributed by atoms with Gasteiger partial charge in [-0.25, -0.2) is 0 Å². The molecular formula is C22H28N2O3. The molecule has 0 radical (unpaired) electrons. The number of amides is 3. The van der Waals surface area contributed by atoms with Crippen molar-refractivity contribution in [2.24, 2.45) is 5.92 Å². The first-order valence-electron chi connectivity index (χ1n) is 10.3. The number of carbonyl (C=O) groups excluding carboxylic acids is 3. The molecule has 0 N–H and O–H groups in total. The van der Waals surface area contributed by atoms with Crippen molar-refractivity contribution in [3.05, 3.63) is 34.9 Å². The maximum atomic E-state index is 12.8. The van der Waals surface area contributed by atoms with Crippen LogP contribution in [0.5, 0.6) is 0 Å². The quantitative estimate of drug-likeness (QED) is 0.764. The van der Waals surface area contributed by atoms with Crippen LogP contribution in [-0.2, 0) is 4.79 Å². The summed E-state index contributed by atoms with van der Waals surface area (Å²) in [6.07, 6.45) is 8.21. The van der Waals surface area contributed by atoms with Gasteiger partial charge in [-0.05, 0) is 57.1 Å². The van der Waals surface area contributed by atoms with Crippen molar-refractivity contribution in [2.45, 2.75) is 64.3 Å². The maximum Gasteiger partial charge on any atom is 0.261 e. The summed E-state index contributed by atoms with van der Waals surface area (Å²) in [4.78, 5) is 41.2. The number of hydrogen-bond donors (Lipinski definition) is 0. The first-order chi connectivity index (χ1) is 13.1. The summed E-state index contributed by atoms with van der Waals surface area (Å²) in [6, 6.07) is 5.78. The van der Waals surface area contributed by atoms with Crippen LogP contribution in [0, 0.1) is 12.8 Å². The highest BCUT2D eigenvalue weighted by atomic mass is 16.2. The molecule has 27 heavy (non-hydrogen) atoms. The van der Waals surface area contributed by atoms with Gasteiger partial charge in [-0.1, -0.05) is 24.5 Å². The average Bonchev–Trinajstić information content (AvgIpc) is 2.91. The van der Waals surface area contributed by atoms with Gasteiger partial charge < -0.3 is 4.90 Å². The highest BCUT2D eigenvalue weighted by Gasteiger charge is 2.37. The van der Waals surface area contributed by atoms with E-state index in [1.54, 1.807) is 12.1 Å². The van der Waals surface area contributed by atoms with Crippen molar-refractivity contribution >= 4 is 17.7 Å². The molecule has 1 aliphatic carbocycles. The largest absolute Gasteiger partial charge is 0.339 e. The molecule has 0 aromatic heterocycles. The van der Waals surface area contributed by atoms with Gasteiger partial charge in [0.05, 0.1) is 11.1 Å². The van der Waals surface area contributed by atoms with Crippen LogP contribution in [0.3, 0.4) is 0 Å². The van der Waals surface area contributed by atoms with Gasteiger partial charge in [0, 0.05) is 25.6 Å². The highest BCUT2D eigenvalue weighted by Crippen LogP contribution is 2.35. The molecule has 5 heteroatoms. The molecule has 0 bridgehead atoms. The maximum absolute atomic E-state index is 12.8. The van der Waals surface area contributed by atoms with E-state index in [1.165, 1.54) is 30.6 Å². The molecule has 2 heterocycles. The fourth-order valence-electron chi connectivity index (χ4n) is 5.07. The number of hydrogen-bond acceptors (Lipinski definition) is 3. The molecule has 3 amide bonds. The second kappa shape index (κ2) is 7.45. The van der Waals surface area contributed by atoms with E-state index in [1.807, 2.05) is 13.0 Å². The van der Waals surface area contributed by atoms with E-state index in [-0.39, 0.29) is 17.7 Å². The van der Waals surface area contributed by atoms with E-state index in [0.717, 1.165) is 24.9 Å². The second-order valence-electron chi connectivity index (χ2n) is 8.26. The number of fused-ring (bicyclic) bond motifs is 2. The number of piperidine rings is 1. The zero-order valence-electron chi connectivity index (χ0n) is 16.1. The summed E-state index contributed by atoms with van der Waals surface area (Å²) in [7, 11) is 0. The molecule has 1 aromatic rings.